The van der Waals surface area contributed by atoms with Crippen LogP contribution in [-0.2, 0) is 6.18 Å². The SMILES string of the molecule is Cc1ccc(-c2cc(C(=O)NC(C)c3ccc(C(F)(F)F)nc3)cc(C(=O)N3CCCC3)c2)nc1. The second-order valence-electron chi connectivity index (χ2n) is 8.69. The van der Waals surface area contributed by atoms with Crippen molar-refractivity contribution < 1.29 is 22.8 Å². The molecule has 2 aromatic heterocycles. The van der Waals surface area contributed by atoms with Crippen LogP contribution in [-0.4, -0.2) is 39.8 Å². The number of rotatable bonds is 5. The summed E-state index contributed by atoms with van der Waals surface area (Å²) in [6.45, 7) is 4.92. The van der Waals surface area contributed by atoms with Gasteiger partial charge in [-0.15, -0.1) is 0 Å². The minimum Gasteiger partial charge on any atom is -0.345 e. The molecule has 0 saturated carbocycles. The van der Waals surface area contributed by atoms with E-state index in [0.29, 0.717) is 35.5 Å². The molecule has 1 fully saturated rings. The van der Waals surface area contributed by atoms with Gasteiger partial charge in [0, 0.05) is 42.2 Å². The van der Waals surface area contributed by atoms with Crippen LogP contribution in [0.25, 0.3) is 11.3 Å². The van der Waals surface area contributed by atoms with Gasteiger partial charge in [0.1, 0.15) is 5.69 Å². The second kappa shape index (κ2) is 9.85. The van der Waals surface area contributed by atoms with Gasteiger partial charge in [0.15, 0.2) is 0 Å². The number of benzene rings is 1. The number of aromatic nitrogens is 2. The Balaban J connectivity index is 1.62. The smallest absolute Gasteiger partial charge is 0.345 e. The molecule has 182 valence electrons. The zero-order chi connectivity index (χ0) is 25.2. The number of hydrogen-bond acceptors (Lipinski definition) is 4. The van der Waals surface area contributed by atoms with E-state index in [4.69, 9.17) is 0 Å². The topological polar surface area (TPSA) is 75.2 Å². The van der Waals surface area contributed by atoms with Crippen LogP contribution in [0.15, 0.2) is 54.9 Å². The highest BCUT2D eigenvalue weighted by molar-refractivity contribution is 6.01. The standard InChI is InChI=1S/C26H25F3N4O2/c1-16-5-7-22(30-14-16)19-11-20(13-21(12-19)25(35)33-9-3-4-10-33)24(34)32-17(2)18-6-8-23(31-15-18)26(27,28)29/h5-8,11-15,17H,3-4,9-10H2,1-2H3,(H,32,34). The Bertz CT molecular complexity index is 1220. The summed E-state index contributed by atoms with van der Waals surface area (Å²) in [5.74, 6) is -0.604. The molecule has 0 radical (unpaired) electrons. The number of halogens is 3. The van der Waals surface area contributed by atoms with Crippen molar-refractivity contribution >= 4 is 11.8 Å². The molecule has 3 heterocycles. The largest absolute Gasteiger partial charge is 0.433 e. The number of carbonyl (C=O) groups is 2. The number of aryl methyl sites for hydroxylation is 1. The summed E-state index contributed by atoms with van der Waals surface area (Å²) < 4.78 is 38.4. The van der Waals surface area contributed by atoms with Crippen molar-refractivity contribution in [3.8, 4) is 11.3 Å². The van der Waals surface area contributed by atoms with E-state index in [1.165, 1.54) is 6.07 Å². The number of amides is 2. The fourth-order valence-corrected chi connectivity index (χ4v) is 3.96. The molecule has 1 N–H and O–H groups in total. The van der Waals surface area contributed by atoms with E-state index in [1.807, 2.05) is 19.1 Å². The average molecular weight is 483 g/mol. The van der Waals surface area contributed by atoms with Crippen molar-refractivity contribution in [1.29, 1.82) is 0 Å². The van der Waals surface area contributed by atoms with Gasteiger partial charge in [-0.2, -0.15) is 13.2 Å². The van der Waals surface area contributed by atoms with Crippen molar-refractivity contribution in [2.24, 2.45) is 0 Å². The summed E-state index contributed by atoms with van der Waals surface area (Å²) in [4.78, 5) is 35.9. The Morgan fingerprint density at radius 3 is 2.29 bits per heavy atom. The van der Waals surface area contributed by atoms with Crippen LogP contribution in [0.4, 0.5) is 13.2 Å². The molecule has 1 saturated heterocycles. The first-order valence-electron chi connectivity index (χ1n) is 11.3. The molecule has 6 nitrogen and oxygen atoms in total. The monoisotopic (exact) mass is 482 g/mol. The number of nitrogens with zero attached hydrogens (tertiary/aromatic N) is 3. The van der Waals surface area contributed by atoms with Crippen LogP contribution in [0.1, 0.15) is 63.3 Å². The van der Waals surface area contributed by atoms with E-state index in [1.54, 1.807) is 36.2 Å². The molecule has 0 bridgehead atoms. The van der Waals surface area contributed by atoms with Gasteiger partial charge in [0.25, 0.3) is 11.8 Å². The lowest BCUT2D eigenvalue weighted by Crippen LogP contribution is -2.29. The van der Waals surface area contributed by atoms with Gasteiger partial charge >= 0.3 is 6.18 Å². The molecule has 1 aliphatic rings. The molecule has 1 aromatic carbocycles. The van der Waals surface area contributed by atoms with Crippen LogP contribution >= 0.6 is 0 Å². The van der Waals surface area contributed by atoms with Crippen LogP contribution in [0.3, 0.4) is 0 Å². The van der Waals surface area contributed by atoms with Crippen molar-refractivity contribution in [3.63, 3.8) is 0 Å². The Morgan fingerprint density at radius 1 is 0.971 bits per heavy atom. The lowest BCUT2D eigenvalue weighted by molar-refractivity contribution is -0.141. The average Bonchev–Trinajstić information content (AvgIpc) is 3.38. The van der Waals surface area contributed by atoms with Gasteiger partial charge in [-0.3, -0.25) is 19.6 Å². The number of pyridine rings is 2. The van der Waals surface area contributed by atoms with E-state index < -0.39 is 23.8 Å². The third kappa shape index (κ3) is 5.67. The van der Waals surface area contributed by atoms with Gasteiger partial charge in [-0.1, -0.05) is 12.1 Å². The molecule has 1 aliphatic heterocycles. The van der Waals surface area contributed by atoms with Gasteiger partial charge in [-0.25, -0.2) is 0 Å². The van der Waals surface area contributed by atoms with Crippen LogP contribution < -0.4 is 5.32 Å². The van der Waals surface area contributed by atoms with Gasteiger partial charge < -0.3 is 10.2 Å². The quantitative estimate of drug-likeness (QED) is 0.543. The Labute approximate surface area is 201 Å². The summed E-state index contributed by atoms with van der Waals surface area (Å²) in [5.41, 5.74) is 2.32. The van der Waals surface area contributed by atoms with Gasteiger partial charge in [0.05, 0.1) is 11.7 Å². The van der Waals surface area contributed by atoms with Gasteiger partial charge in [-0.05, 0) is 68.1 Å². The maximum atomic E-state index is 13.1. The van der Waals surface area contributed by atoms with Crippen LogP contribution in [0.2, 0.25) is 0 Å². The van der Waals surface area contributed by atoms with Crippen molar-refractivity contribution in [1.82, 2.24) is 20.2 Å². The summed E-state index contributed by atoms with van der Waals surface area (Å²) in [6.07, 6.45) is 0.161. The number of nitrogens with one attached hydrogen (secondary N) is 1. The van der Waals surface area contributed by atoms with Crippen molar-refractivity contribution in [2.75, 3.05) is 13.1 Å². The minimum absolute atomic E-state index is 0.148. The van der Waals surface area contributed by atoms with E-state index in [0.717, 1.165) is 30.7 Å². The number of alkyl halides is 3. The Hall–Kier alpha value is -3.75. The fourth-order valence-electron chi connectivity index (χ4n) is 3.96. The highest BCUT2D eigenvalue weighted by atomic mass is 19.4. The molecule has 1 atom stereocenters. The normalized spacial score (nSPS) is 14.6. The summed E-state index contributed by atoms with van der Waals surface area (Å²) in [5, 5.41) is 2.79. The van der Waals surface area contributed by atoms with Crippen molar-refractivity contribution in [2.45, 2.75) is 38.9 Å². The summed E-state index contributed by atoms with van der Waals surface area (Å²) in [6, 6.07) is 10.2. The first kappa shape index (κ1) is 24.4. The molecule has 0 aliphatic carbocycles. The fraction of sp³-hybridized carbons (Fsp3) is 0.308. The molecule has 1 unspecified atom stereocenters. The number of hydrogen-bond donors (Lipinski definition) is 1. The van der Waals surface area contributed by atoms with Crippen LogP contribution in [0.5, 0.6) is 0 Å². The molecule has 3 aromatic rings. The molecule has 2 amide bonds. The number of likely N-dealkylation sites (tertiary alicyclic amines) is 1. The predicted molar refractivity (Wildman–Crippen MR) is 125 cm³/mol. The zero-order valence-corrected chi connectivity index (χ0v) is 19.4. The highest BCUT2D eigenvalue weighted by Gasteiger charge is 2.32. The Kier molecular flexibility index (Phi) is 6.86. The molecular formula is C26H25F3N4O2. The third-order valence-corrected chi connectivity index (χ3v) is 5.97. The third-order valence-electron chi connectivity index (χ3n) is 5.97. The summed E-state index contributed by atoms with van der Waals surface area (Å²) in [7, 11) is 0. The first-order chi connectivity index (χ1) is 16.6. The van der Waals surface area contributed by atoms with E-state index >= 15 is 0 Å². The second-order valence-corrected chi connectivity index (χ2v) is 8.69. The molecular weight excluding hydrogens is 457 g/mol. The molecule has 35 heavy (non-hydrogen) atoms. The Morgan fingerprint density at radius 2 is 1.69 bits per heavy atom. The maximum Gasteiger partial charge on any atom is 0.433 e. The van der Waals surface area contributed by atoms with E-state index in [-0.39, 0.29) is 11.5 Å². The van der Waals surface area contributed by atoms with E-state index in [9.17, 15) is 22.8 Å². The lowest BCUT2D eigenvalue weighted by atomic mass is 10.0. The maximum absolute atomic E-state index is 13.1. The van der Waals surface area contributed by atoms with E-state index in [2.05, 4.69) is 15.3 Å². The van der Waals surface area contributed by atoms with Gasteiger partial charge in [0.2, 0.25) is 0 Å². The van der Waals surface area contributed by atoms with Crippen LogP contribution in [0, 0.1) is 6.92 Å². The first-order valence-corrected chi connectivity index (χ1v) is 11.3. The minimum atomic E-state index is -4.53. The molecule has 4 rings (SSSR count). The zero-order valence-electron chi connectivity index (χ0n) is 19.4. The summed E-state index contributed by atoms with van der Waals surface area (Å²) >= 11 is 0. The van der Waals surface area contributed by atoms with Crippen molar-refractivity contribution in [3.05, 3.63) is 82.8 Å². The predicted octanol–water partition coefficient (Wildman–Crippen LogP) is 5.20. The highest BCUT2D eigenvalue weighted by Crippen LogP contribution is 2.28. The molecule has 9 heteroatoms. The molecule has 0 spiro atoms. The number of carbonyl (C=O) groups excluding carboxylic acids is 2. The lowest BCUT2D eigenvalue weighted by Gasteiger charge is -2.18.